The third kappa shape index (κ3) is 3.94. The van der Waals surface area contributed by atoms with Crippen LogP contribution in [0.3, 0.4) is 0 Å². The fourth-order valence-electron chi connectivity index (χ4n) is 4.31. The van der Waals surface area contributed by atoms with Crippen molar-refractivity contribution in [2.75, 3.05) is 13.2 Å². The van der Waals surface area contributed by atoms with E-state index in [1.165, 1.54) is 13.0 Å². The fourth-order valence-corrected chi connectivity index (χ4v) is 4.31. The van der Waals surface area contributed by atoms with Crippen molar-refractivity contribution in [3.05, 3.63) is 59.2 Å². The highest BCUT2D eigenvalue weighted by atomic mass is 19.1. The van der Waals surface area contributed by atoms with Gasteiger partial charge in [-0.3, -0.25) is 10.0 Å². The van der Waals surface area contributed by atoms with Gasteiger partial charge in [0.1, 0.15) is 35.9 Å². The molecule has 0 amide bonds. The highest BCUT2D eigenvalue weighted by Gasteiger charge is 2.45. The number of hydrazone groups is 1. The van der Waals surface area contributed by atoms with Gasteiger partial charge in [0.2, 0.25) is 0 Å². The van der Waals surface area contributed by atoms with Gasteiger partial charge in [-0.1, -0.05) is 6.07 Å². The monoisotopic (exact) mass is 445 g/mol. The van der Waals surface area contributed by atoms with Crippen LogP contribution in [-0.2, 0) is 11.3 Å². The van der Waals surface area contributed by atoms with E-state index in [2.05, 4.69) is 15.1 Å². The number of rotatable bonds is 5. The van der Waals surface area contributed by atoms with Crippen molar-refractivity contribution in [3.8, 4) is 0 Å². The molecule has 0 aliphatic carbocycles. The number of benzene rings is 1. The van der Waals surface area contributed by atoms with Crippen molar-refractivity contribution in [3.63, 3.8) is 0 Å². The van der Waals surface area contributed by atoms with Crippen molar-refractivity contribution in [2.24, 2.45) is 10.8 Å². The van der Waals surface area contributed by atoms with Gasteiger partial charge >= 0.3 is 0 Å². The van der Waals surface area contributed by atoms with Crippen LogP contribution in [0.1, 0.15) is 50.1 Å². The molecule has 0 spiro atoms. The average molecular weight is 446 g/mol. The second-order valence-electron chi connectivity index (χ2n) is 8.79. The summed E-state index contributed by atoms with van der Waals surface area (Å²) in [6, 6.07) is 2.57. The Morgan fingerprint density at radius 2 is 1.94 bits per heavy atom. The van der Waals surface area contributed by atoms with Gasteiger partial charge in [-0.05, 0) is 51.7 Å². The maximum atomic E-state index is 14.4. The van der Waals surface area contributed by atoms with Crippen LogP contribution in [0.5, 0.6) is 0 Å². The summed E-state index contributed by atoms with van der Waals surface area (Å²) in [7, 11) is 0. The first-order chi connectivity index (χ1) is 15.1. The number of nitrogens with two attached hydrogens (primary N) is 1. The minimum atomic E-state index is -1.60. The first-order valence-electron chi connectivity index (χ1n) is 10.7. The molecule has 3 heterocycles. The molecule has 2 aliphatic heterocycles. The summed E-state index contributed by atoms with van der Waals surface area (Å²) in [6.45, 7) is 6.18. The highest BCUT2D eigenvalue weighted by molar-refractivity contribution is 5.55. The number of nitrogens with zero attached hydrogens (tertiary/aromatic N) is 6. The Labute approximate surface area is 186 Å². The number of piperidine rings is 1. The van der Waals surface area contributed by atoms with E-state index in [9.17, 15) is 13.9 Å². The highest BCUT2D eigenvalue weighted by Crippen LogP contribution is 2.35. The summed E-state index contributed by atoms with van der Waals surface area (Å²) in [4.78, 5) is 8.94. The van der Waals surface area contributed by atoms with Crippen molar-refractivity contribution < 1.29 is 13.9 Å². The molecule has 3 N–H and O–H groups in total. The van der Waals surface area contributed by atoms with Gasteiger partial charge in [0.15, 0.2) is 5.82 Å². The number of hydrogen-bond donors (Lipinski definition) is 2. The van der Waals surface area contributed by atoms with E-state index < -0.39 is 28.9 Å². The summed E-state index contributed by atoms with van der Waals surface area (Å²) in [5.74, 6) is -0.943. The molecule has 1 aromatic heterocycles. The summed E-state index contributed by atoms with van der Waals surface area (Å²) in [5.41, 5.74) is 5.31. The summed E-state index contributed by atoms with van der Waals surface area (Å²) < 4.78 is 27.7. The maximum Gasteiger partial charge on any atom is 0.164 e. The molecule has 2 aliphatic rings. The number of aromatic nitrogens is 2. The van der Waals surface area contributed by atoms with E-state index >= 15 is 0 Å². The predicted octanol–water partition coefficient (Wildman–Crippen LogP) is 2.39. The molecular formula is C22H29F2N7O. The number of hydrogen-bond acceptors (Lipinski definition) is 8. The first kappa shape index (κ1) is 22.5. The van der Waals surface area contributed by atoms with E-state index in [1.807, 2.05) is 16.9 Å². The van der Waals surface area contributed by atoms with Crippen LogP contribution in [0.4, 0.5) is 8.78 Å². The Morgan fingerprint density at radius 1 is 1.22 bits per heavy atom. The molecule has 2 aromatic rings. The molecule has 0 saturated carbocycles. The lowest BCUT2D eigenvalue weighted by molar-refractivity contribution is -0.115. The smallest absolute Gasteiger partial charge is 0.164 e. The Bertz CT molecular complexity index is 1000. The van der Waals surface area contributed by atoms with Gasteiger partial charge in [-0.25, -0.2) is 18.7 Å². The van der Waals surface area contributed by atoms with Crippen molar-refractivity contribution in [1.29, 1.82) is 0 Å². The SMILES string of the molecule is Cc1cnc(C2(N)CCCCN2N2C=NN([C@H](C)[C@](C)(O)c3ccc(F)cc3F)C2)nc1. The van der Waals surface area contributed by atoms with Crippen LogP contribution in [0.2, 0.25) is 0 Å². The topological polar surface area (TPSA) is 94.1 Å². The molecule has 1 unspecified atom stereocenters. The molecule has 1 saturated heterocycles. The van der Waals surface area contributed by atoms with E-state index in [0.29, 0.717) is 25.5 Å². The normalized spacial score (nSPS) is 24.6. The van der Waals surface area contributed by atoms with E-state index in [-0.39, 0.29) is 5.56 Å². The third-order valence-corrected chi connectivity index (χ3v) is 6.48. The van der Waals surface area contributed by atoms with Gasteiger partial charge in [0, 0.05) is 30.6 Å². The van der Waals surface area contributed by atoms with Gasteiger partial charge < -0.3 is 10.8 Å². The summed E-state index contributed by atoms with van der Waals surface area (Å²) in [5, 5.41) is 21.1. The standard InChI is InChI=1S/C22H29F2N7O/c1-15-11-26-20(27-12-15)22(25)8-4-5-9-31(22)29-13-28-30(14-29)16(2)21(3,32)18-7-6-17(23)10-19(18)24/h6-7,10-13,16,32H,4-5,8-9,14,25H2,1-3H3/t16-,21+,22?/m1/s1. The number of halogens is 2. The van der Waals surface area contributed by atoms with Crippen LogP contribution in [0, 0.1) is 18.6 Å². The Kier molecular flexibility index (Phi) is 5.87. The van der Waals surface area contributed by atoms with Crippen LogP contribution >= 0.6 is 0 Å². The molecule has 0 bridgehead atoms. The molecule has 0 radical (unpaired) electrons. The molecule has 32 heavy (non-hydrogen) atoms. The number of hydrazine groups is 1. The largest absolute Gasteiger partial charge is 0.383 e. The molecule has 4 rings (SSSR count). The van der Waals surface area contributed by atoms with Gasteiger partial charge in [0.05, 0.1) is 6.04 Å². The molecule has 1 aromatic carbocycles. The molecule has 10 heteroatoms. The van der Waals surface area contributed by atoms with E-state index in [4.69, 9.17) is 5.73 Å². The molecule has 1 fully saturated rings. The lowest BCUT2D eigenvalue weighted by Crippen LogP contribution is -2.63. The van der Waals surface area contributed by atoms with Gasteiger partial charge in [0.25, 0.3) is 0 Å². The second kappa shape index (κ2) is 8.34. The minimum absolute atomic E-state index is 0.0132. The van der Waals surface area contributed by atoms with E-state index in [1.54, 1.807) is 30.7 Å². The van der Waals surface area contributed by atoms with Crippen molar-refractivity contribution >= 4 is 6.34 Å². The minimum Gasteiger partial charge on any atom is -0.383 e. The molecule has 3 atom stereocenters. The average Bonchev–Trinajstić information content (AvgIpc) is 3.23. The molecule has 8 nitrogen and oxygen atoms in total. The zero-order chi connectivity index (χ0) is 23.1. The van der Waals surface area contributed by atoms with Gasteiger partial charge in [-0.15, -0.1) is 0 Å². The lowest BCUT2D eigenvalue weighted by Gasteiger charge is -2.47. The Balaban J connectivity index is 1.54. The first-order valence-corrected chi connectivity index (χ1v) is 10.7. The van der Waals surface area contributed by atoms with Crippen LogP contribution in [0.25, 0.3) is 0 Å². The van der Waals surface area contributed by atoms with Crippen LogP contribution < -0.4 is 5.73 Å². The summed E-state index contributed by atoms with van der Waals surface area (Å²) in [6.07, 6.45) is 7.76. The van der Waals surface area contributed by atoms with Gasteiger partial charge in [-0.2, -0.15) is 10.1 Å². The van der Waals surface area contributed by atoms with Crippen LogP contribution in [-0.4, -0.2) is 55.7 Å². The van der Waals surface area contributed by atoms with E-state index in [0.717, 1.165) is 30.5 Å². The number of aliphatic hydroxyl groups is 1. The molecular weight excluding hydrogens is 416 g/mol. The zero-order valence-electron chi connectivity index (χ0n) is 18.5. The molecule has 172 valence electrons. The fraction of sp³-hybridized carbons (Fsp3) is 0.500. The lowest BCUT2D eigenvalue weighted by atomic mass is 9.88. The maximum absolute atomic E-state index is 14.4. The zero-order valence-corrected chi connectivity index (χ0v) is 18.5. The Morgan fingerprint density at radius 3 is 2.62 bits per heavy atom. The quantitative estimate of drug-likeness (QED) is 0.730. The Hall–Kier alpha value is -2.69. The summed E-state index contributed by atoms with van der Waals surface area (Å²) >= 11 is 0. The number of aryl methyl sites for hydroxylation is 1. The second-order valence-corrected chi connectivity index (χ2v) is 8.79. The van der Waals surface area contributed by atoms with Crippen molar-refractivity contribution in [2.45, 2.75) is 57.3 Å². The van der Waals surface area contributed by atoms with Crippen LogP contribution in [0.15, 0.2) is 35.7 Å². The predicted molar refractivity (Wildman–Crippen MR) is 116 cm³/mol. The van der Waals surface area contributed by atoms with Crippen molar-refractivity contribution in [1.82, 2.24) is 25.0 Å². The third-order valence-electron chi connectivity index (χ3n) is 6.48.